The Kier molecular flexibility index (Phi) is 9.80. The quantitative estimate of drug-likeness (QED) is 0.487. The molecule has 0 bridgehead atoms. The molecule has 0 amide bonds. The van der Waals surface area contributed by atoms with E-state index in [1.165, 1.54) is 6.42 Å². The summed E-state index contributed by atoms with van der Waals surface area (Å²) < 4.78 is 15.7. The fourth-order valence-electron chi connectivity index (χ4n) is 0.553. The Bertz CT molecular complexity index is 110. The van der Waals surface area contributed by atoms with Gasteiger partial charge in [-0.2, -0.15) is 0 Å². The van der Waals surface area contributed by atoms with Crippen LogP contribution in [0.25, 0.3) is 0 Å². The third kappa shape index (κ3) is 11.8. The SMILES string of the molecule is C1=CC1.CCO[SiH](OCC)OCC. The van der Waals surface area contributed by atoms with Crippen molar-refractivity contribution in [3.63, 3.8) is 0 Å². The summed E-state index contributed by atoms with van der Waals surface area (Å²) in [6.07, 6.45) is 5.50. The molecule has 13 heavy (non-hydrogen) atoms. The number of hydrogen-bond acceptors (Lipinski definition) is 3. The van der Waals surface area contributed by atoms with E-state index in [9.17, 15) is 0 Å². The van der Waals surface area contributed by atoms with E-state index < -0.39 is 9.53 Å². The summed E-state index contributed by atoms with van der Waals surface area (Å²) >= 11 is 0. The van der Waals surface area contributed by atoms with Crippen LogP contribution in [0.2, 0.25) is 0 Å². The molecule has 0 atom stereocenters. The molecule has 4 heteroatoms. The Labute approximate surface area is 82.7 Å². The highest BCUT2D eigenvalue weighted by Crippen LogP contribution is 1.96. The molecule has 0 spiro atoms. The molecule has 1 rings (SSSR count). The van der Waals surface area contributed by atoms with Crippen molar-refractivity contribution in [1.29, 1.82) is 0 Å². The summed E-state index contributed by atoms with van der Waals surface area (Å²) in [6.45, 7) is 7.86. The Hall–Kier alpha value is -0.163. The van der Waals surface area contributed by atoms with Gasteiger partial charge in [0.25, 0.3) is 0 Å². The van der Waals surface area contributed by atoms with Gasteiger partial charge in [0.15, 0.2) is 0 Å². The lowest BCUT2D eigenvalue weighted by atomic mass is 10.9. The van der Waals surface area contributed by atoms with E-state index in [0.29, 0.717) is 19.8 Å². The van der Waals surface area contributed by atoms with Gasteiger partial charge in [0.05, 0.1) is 0 Å². The lowest BCUT2D eigenvalue weighted by Gasteiger charge is -2.12. The average Bonchev–Trinajstić information content (AvgIpc) is 2.91. The molecule has 0 unspecified atom stereocenters. The van der Waals surface area contributed by atoms with Gasteiger partial charge in [0.1, 0.15) is 0 Å². The molecule has 0 saturated carbocycles. The topological polar surface area (TPSA) is 27.7 Å². The van der Waals surface area contributed by atoms with Crippen molar-refractivity contribution in [3.05, 3.63) is 12.2 Å². The second-order valence-electron chi connectivity index (χ2n) is 2.36. The molecule has 0 fully saturated rings. The Morgan fingerprint density at radius 1 is 0.923 bits per heavy atom. The van der Waals surface area contributed by atoms with Gasteiger partial charge in [-0.15, -0.1) is 0 Å². The molecule has 0 saturated heterocycles. The monoisotopic (exact) mass is 204 g/mol. The van der Waals surface area contributed by atoms with Gasteiger partial charge in [-0.3, -0.25) is 0 Å². The summed E-state index contributed by atoms with van der Waals surface area (Å²) in [4.78, 5) is 0. The second kappa shape index (κ2) is 9.92. The summed E-state index contributed by atoms with van der Waals surface area (Å²) in [5.41, 5.74) is 0. The van der Waals surface area contributed by atoms with Crippen LogP contribution in [0, 0.1) is 0 Å². The first kappa shape index (κ1) is 12.8. The van der Waals surface area contributed by atoms with E-state index in [-0.39, 0.29) is 0 Å². The molecule has 3 nitrogen and oxygen atoms in total. The maximum absolute atomic E-state index is 5.22. The molecule has 0 aliphatic heterocycles. The third-order valence-electron chi connectivity index (χ3n) is 1.14. The van der Waals surface area contributed by atoms with Gasteiger partial charge >= 0.3 is 9.53 Å². The lowest BCUT2D eigenvalue weighted by Crippen LogP contribution is -2.27. The minimum absolute atomic E-state index is 0.677. The molecular formula is C9H20O3Si. The molecule has 0 aromatic rings. The highest BCUT2D eigenvalue weighted by atomic mass is 28.3. The predicted molar refractivity (Wildman–Crippen MR) is 55.8 cm³/mol. The van der Waals surface area contributed by atoms with Crippen molar-refractivity contribution >= 4 is 9.53 Å². The normalized spacial score (nSPS) is 12.6. The van der Waals surface area contributed by atoms with E-state index in [1.807, 2.05) is 20.8 Å². The molecule has 78 valence electrons. The first-order chi connectivity index (χ1) is 6.35. The first-order valence-electron chi connectivity index (χ1n) is 4.84. The number of hydrogen-bond donors (Lipinski definition) is 0. The van der Waals surface area contributed by atoms with E-state index in [1.54, 1.807) is 0 Å². The smallest absolute Gasteiger partial charge is 0.376 e. The summed E-state index contributed by atoms with van der Waals surface area (Å²) in [5, 5.41) is 0. The van der Waals surface area contributed by atoms with Crippen molar-refractivity contribution in [1.82, 2.24) is 0 Å². The third-order valence-corrected chi connectivity index (χ3v) is 2.96. The summed E-state index contributed by atoms with van der Waals surface area (Å²) in [6, 6.07) is 0. The van der Waals surface area contributed by atoms with Crippen molar-refractivity contribution < 1.29 is 13.3 Å². The Balaban J connectivity index is 0.000000396. The van der Waals surface area contributed by atoms with Crippen LogP contribution >= 0.6 is 0 Å². The molecule has 0 heterocycles. The van der Waals surface area contributed by atoms with E-state index in [4.69, 9.17) is 13.3 Å². The molecule has 0 aromatic carbocycles. The number of rotatable bonds is 6. The Morgan fingerprint density at radius 2 is 1.23 bits per heavy atom. The maximum atomic E-state index is 5.22. The van der Waals surface area contributed by atoms with Crippen LogP contribution in [0.3, 0.4) is 0 Å². The van der Waals surface area contributed by atoms with Gasteiger partial charge in [0.2, 0.25) is 0 Å². The highest BCUT2D eigenvalue weighted by molar-refractivity contribution is 6.36. The van der Waals surface area contributed by atoms with E-state index >= 15 is 0 Å². The minimum Gasteiger partial charge on any atom is -0.376 e. The van der Waals surface area contributed by atoms with Crippen LogP contribution in [0.4, 0.5) is 0 Å². The van der Waals surface area contributed by atoms with Gasteiger partial charge in [-0.1, -0.05) is 12.2 Å². The van der Waals surface area contributed by atoms with Crippen LogP contribution < -0.4 is 0 Å². The van der Waals surface area contributed by atoms with E-state index in [0.717, 1.165) is 0 Å². The molecular weight excluding hydrogens is 184 g/mol. The number of allylic oxidation sites excluding steroid dienone is 2. The maximum Gasteiger partial charge on any atom is 0.484 e. The molecule has 1 aliphatic rings. The standard InChI is InChI=1S/C6H16O3Si.C3H4/c1-4-7-10(8-5-2)9-6-3;1-2-3-1/h10H,4-6H2,1-3H3;1-2H,3H2. The zero-order valence-electron chi connectivity index (χ0n) is 8.79. The van der Waals surface area contributed by atoms with Gasteiger partial charge in [-0.05, 0) is 27.2 Å². The molecule has 0 aromatic heterocycles. The summed E-state index contributed by atoms with van der Waals surface area (Å²) in [5.74, 6) is 0. The van der Waals surface area contributed by atoms with Gasteiger partial charge < -0.3 is 13.3 Å². The average molecular weight is 204 g/mol. The first-order valence-corrected chi connectivity index (χ1v) is 6.26. The lowest BCUT2D eigenvalue weighted by molar-refractivity contribution is 0.107. The van der Waals surface area contributed by atoms with Crippen LogP contribution in [-0.2, 0) is 13.3 Å². The van der Waals surface area contributed by atoms with Crippen molar-refractivity contribution in [3.8, 4) is 0 Å². The van der Waals surface area contributed by atoms with Crippen molar-refractivity contribution in [2.45, 2.75) is 27.2 Å². The zero-order chi connectivity index (χ0) is 9.94. The zero-order valence-corrected chi connectivity index (χ0v) is 9.94. The van der Waals surface area contributed by atoms with Crippen LogP contribution in [-0.4, -0.2) is 29.3 Å². The molecule has 0 radical (unpaired) electrons. The van der Waals surface area contributed by atoms with Gasteiger partial charge in [-0.25, -0.2) is 0 Å². The van der Waals surface area contributed by atoms with Crippen LogP contribution in [0.15, 0.2) is 12.2 Å². The summed E-state index contributed by atoms with van der Waals surface area (Å²) in [7, 11) is -1.73. The minimum atomic E-state index is -1.73. The predicted octanol–water partition coefficient (Wildman–Crippen LogP) is 1.76. The van der Waals surface area contributed by atoms with Crippen LogP contribution in [0.5, 0.6) is 0 Å². The van der Waals surface area contributed by atoms with Crippen LogP contribution in [0.1, 0.15) is 27.2 Å². The Morgan fingerprint density at radius 3 is 1.38 bits per heavy atom. The van der Waals surface area contributed by atoms with E-state index in [2.05, 4.69) is 12.2 Å². The van der Waals surface area contributed by atoms with Gasteiger partial charge in [0, 0.05) is 19.8 Å². The second-order valence-corrected chi connectivity index (χ2v) is 3.94. The van der Waals surface area contributed by atoms with Crippen molar-refractivity contribution in [2.75, 3.05) is 19.8 Å². The molecule has 1 aliphatic carbocycles. The largest absolute Gasteiger partial charge is 0.484 e. The fourth-order valence-corrected chi connectivity index (χ4v) is 1.66. The molecule has 0 N–H and O–H groups in total. The highest BCUT2D eigenvalue weighted by Gasteiger charge is 2.11. The fraction of sp³-hybridized carbons (Fsp3) is 0.778. The van der Waals surface area contributed by atoms with Crippen molar-refractivity contribution in [2.24, 2.45) is 0 Å².